The van der Waals surface area contributed by atoms with Crippen LogP contribution in [0.2, 0.25) is 0 Å². The van der Waals surface area contributed by atoms with Crippen molar-refractivity contribution in [3.63, 3.8) is 0 Å². The lowest BCUT2D eigenvalue weighted by molar-refractivity contribution is 0.128. The number of thiophene rings is 1. The number of nitrogens with zero attached hydrogens (tertiary/aromatic N) is 2. The molecule has 0 amide bonds. The van der Waals surface area contributed by atoms with E-state index in [4.69, 9.17) is 0 Å². The fourth-order valence-corrected chi connectivity index (χ4v) is 3.59. The van der Waals surface area contributed by atoms with Gasteiger partial charge < -0.3 is 10.2 Å². The number of hydrogen-bond donors (Lipinski definition) is 1. The zero-order chi connectivity index (χ0) is 13.5. The van der Waals surface area contributed by atoms with Crippen LogP contribution in [-0.4, -0.2) is 49.1 Å². The van der Waals surface area contributed by atoms with Crippen LogP contribution in [0.3, 0.4) is 0 Å². The Kier molecular flexibility index (Phi) is 6.31. The Balaban J connectivity index is 1.74. The van der Waals surface area contributed by atoms with E-state index in [1.54, 1.807) is 0 Å². The first-order valence-corrected chi connectivity index (χ1v) is 8.36. The number of piperazine rings is 1. The van der Waals surface area contributed by atoms with Crippen LogP contribution < -0.4 is 5.32 Å². The van der Waals surface area contributed by atoms with Crippen LogP contribution in [0.1, 0.15) is 30.0 Å². The summed E-state index contributed by atoms with van der Waals surface area (Å²) in [5, 5.41) is 3.39. The minimum Gasteiger partial charge on any atom is -0.312 e. The molecule has 0 aromatic carbocycles. The molecule has 1 N–H and O–H groups in total. The minimum atomic E-state index is 1.02. The summed E-state index contributed by atoms with van der Waals surface area (Å²) in [6, 6.07) is 4.58. The van der Waals surface area contributed by atoms with Gasteiger partial charge in [-0.05, 0) is 31.6 Å². The molecule has 2 rings (SSSR count). The molecule has 108 valence electrons. The molecular formula is C15H27N3S. The Labute approximate surface area is 121 Å². The summed E-state index contributed by atoms with van der Waals surface area (Å²) in [6.45, 7) is 13.8. The summed E-state index contributed by atoms with van der Waals surface area (Å²) in [5.41, 5.74) is 0. The maximum absolute atomic E-state index is 3.39. The SMILES string of the molecule is CCCN1CCN(Cc2ccc(CNCC)s2)CC1. The highest BCUT2D eigenvalue weighted by atomic mass is 32.1. The monoisotopic (exact) mass is 281 g/mol. The zero-order valence-electron chi connectivity index (χ0n) is 12.3. The average molecular weight is 281 g/mol. The van der Waals surface area contributed by atoms with Gasteiger partial charge >= 0.3 is 0 Å². The van der Waals surface area contributed by atoms with Crippen molar-refractivity contribution in [1.82, 2.24) is 15.1 Å². The van der Waals surface area contributed by atoms with Crippen LogP contribution in [0, 0.1) is 0 Å². The number of rotatable bonds is 7. The van der Waals surface area contributed by atoms with Crippen LogP contribution in [0.25, 0.3) is 0 Å². The molecule has 1 aliphatic rings. The van der Waals surface area contributed by atoms with Crippen molar-refractivity contribution >= 4 is 11.3 Å². The van der Waals surface area contributed by atoms with E-state index < -0.39 is 0 Å². The zero-order valence-corrected chi connectivity index (χ0v) is 13.1. The summed E-state index contributed by atoms with van der Waals surface area (Å²) < 4.78 is 0. The molecule has 1 aliphatic heterocycles. The molecule has 19 heavy (non-hydrogen) atoms. The minimum absolute atomic E-state index is 1.02. The van der Waals surface area contributed by atoms with Crippen molar-refractivity contribution in [3.05, 3.63) is 21.9 Å². The molecule has 1 aromatic heterocycles. The van der Waals surface area contributed by atoms with Gasteiger partial charge in [-0.1, -0.05) is 13.8 Å². The van der Waals surface area contributed by atoms with E-state index in [2.05, 4.69) is 41.1 Å². The third-order valence-corrected chi connectivity index (χ3v) is 4.72. The lowest BCUT2D eigenvalue weighted by Crippen LogP contribution is -2.45. The second kappa shape index (κ2) is 8.00. The molecule has 4 heteroatoms. The van der Waals surface area contributed by atoms with E-state index in [1.165, 1.54) is 48.9 Å². The molecule has 1 fully saturated rings. The van der Waals surface area contributed by atoms with Crippen molar-refractivity contribution in [3.8, 4) is 0 Å². The predicted octanol–water partition coefficient (Wildman–Crippen LogP) is 2.39. The molecule has 0 saturated carbocycles. The second-order valence-corrected chi connectivity index (χ2v) is 6.52. The first-order valence-electron chi connectivity index (χ1n) is 7.54. The maximum atomic E-state index is 3.39. The summed E-state index contributed by atoms with van der Waals surface area (Å²) in [5.74, 6) is 0. The van der Waals surface area contributed by atoms with Gasteiger partial charge in [-0.2, -0.15) is 0 Å². The van der Waals surface area contributed by atoms with Gasteiger partial charge in [-0.15, -0.1) is 11.3 Å². The lowest BCUT2D eigenvalue weighted by atomic mass is 10.3. The molecule has 3 nitrogen and oxygen atoms in total. The highest BCUT2D eigenvalue weighted by molar-refractivity contribution is 7.11. The third kappa shape index (κ3) is 4.88. The topological polar surface area (TPSA) is 18.5 Å². The van der Waals surface area contributed by atoms with Gasteiger partial charge in [0.2, 0.25) is 0 Å². The lowest BCUT2D eigenvalue weighted by Gasteiger charge is -2.34. The Hall–Kier alpha value is -0.420. The van der Waals surface area contributed by atoms with Crippen molar-refractivity contribution in [2.45, 2.75) is 33.4 Å². The van der Waals surface area contributed by atoms with E-state index in [0.29, 0.717) is 0 Å². The molecule has 0 unspecified atom stereocenters. The fraction of sp³-hybridized carbons (Fsp3) is 0.733. The predicted molar refractivity (Wildman–Crippen MR) is 83.7 cm³/mol. The molecule has 0 radical (unpaired) electrons. The van der Waals surface area contributed by atoms with E-state index in [1.807, 2.05) is 11.3 Å². The van der Waals surface area contributed by atoms with Crippen LogP contribution in [0.5, 0.6) is 0 Å². The molecule has 2 heterocycles. The Bertz CT molecular complexity index is 356. The summed E-state index contributed by atoms with van der Waals surface area (Å²) >= 11 is 1.96. The highest BCUT2D eigenvalue weighted by Crippen LogP contribution is 2.19. The van der Waals surface area contributed by atoms with Gasteiger partial charge in [-0.3, -0.25) is 4.90 Å². The van der Waals surface area contributed by atoms with E-state index in [-0.39, 0.29) is 0 Å². The first kappa shape index (κ1) is 15.0. The Morgan fingerprint density at radius 3 is 2.42 bits per heavy atom. The van der Waals surface area contributed by atoms with Crippen molar-refractivity contribution in [1.29, 1.82) is 0 Å². The van der Waals surface area contributed by atoms with Crippen LogP contribution in [0.4, 0.5) is 0 Å². The van der Waals surface area contributed by atoms with Crippen molar-refractivity contribution in [2.24, 2.45) is 0 Å². The van der Waals surface area contributed by atoms with E-state index in [9.17, 15) is 0 Å². The number of hydrogen-bond acceptors (Lipinski definition) is 4. The van der Waals surface area contributed by atoms with Crippen LogP contribution >= 0.6 is 11.3 Å². The van der Waals surface area contributed by atoms with Crippen molar-refractivity contribution < 1.29 is 0 Å². The molecular weight excluding hydrogens is 254 g/mol. The van der Waals surface area contributed by atoms with Crippen molar-refractivity contribution in [2.75, 3.05) is 39.3 Å². The van der Waals surface area contributed by atoms with Gasteiger partial charge in [0.25, 0.3) is 0 Å². The van der Waals surface area contributed by atoms with Gasteiger partial charge in [0, 0.05) is 49.0 Å². The Morgan fingerprint density at radius 1 is 1.05 bits per heavy atom. The summed E-state index contributed by atoms with van der Waals surface area (Å²) in [6.07, 6.45) is 1.28. The van der Waals surface area contributed by atoms with Gasteiger partial charge in [-0.25, -0.2) is 0 Å². The molecule has 0 aliphatic carbocycles. The quantitative estimate of drug-likeness (QED) is 0.828. The summed E-state index contributed by atoms with van der Waals surface area (Å²) in [4.78, 5) is 8.15. The largest absolute Gasteiger partial charge is 0.312 e. The molecule has 0 atom stereocenters. The fourth-order valence-electron chi connectivity index (χ4n) is 2.56. The maximum Gasteiger partial charge on any atom is 0.0329 e. The van der Waals surface area contributed by atoms with Gasteiger partial charge in [0.15, 0.2) is 0 Å². The molecule has 1 saturated heterocycles. The van der Waals surface area contributed by atoms with E-state index >= 15 is 0 Å². The van der Waals surface area contributed by atoms with Gasteiger partial charge in [0.05, 0.1) is 0 Å². The Morgan fingerprint density at radius 2 is 1.74 bits per heavy atom. The smallest absolute Gasteiger partial charge is 0.0329 e. The van der Waals surface area contributed by atoms with Crippen LogP contribution in [-0.2, 0) is 13.1 Å². The van der Waals surface area contributed by atoms with Gasteiger partial charge in [0.1, 0.15) is 0 Å². The standard InChI is InChI=1S/C15H27N3S/c1-3-7-17-8-10-18(11-9-17)13-15-6-5-14(19-15)12-16-4-2/h5-6,16H,3-4,7-13H2,1-2H3. The summed E-state index contributed by atoms with van der Waals surface area (Å²) in [7, 11) is 0. The molecule has 1 aromatic rings. The van der Waals surface area contributed by atoms with E-state index in [0.717, 1.165) is 19.6 Å². The third-order valence-electron chi connectivity index (χ3n) is 3.65. The second-order valence-electron chi connectivity index (χ2n) is 5.27. The highest BCUT2D eigenvalue weighted by Gasteiger charge is 2.16. The normalized spacial score (nSPS) is 18.0. The molecule has 0 bridgehead atoms. The number of nitrogens with one attached hydrogen (secondary N) is 1. The first-order chi connectivity index (χ1) is 9.31. The molecule has 0 spiro atoms. The average Bonchev–Trinajstić information content (AvgIpc) is 2.87. The van der Waals surface area contributed by atoms with Crippen LogP contribution in [0.15, 0.2) is 12.1 Å².